The molecule has 6 heteroatoms. The second kappa shape index (κ2) is 10.9. The van der Waals surface area contributed by atoms with Crippen LogP contribution in [0, 0.1) is 27.4 Å². The summed E-state index contributed by atoms with van der Waals surface area (Å²) in [5.74, 6) is 0. The van der Waals surface area contributed by atoms with Crippen molar-refractivity contribution in [3.05, 3.63) is 132 Å². The molecule has 4 aromatic carbocycles. The van der Waals surface area contributed by atoms with E-state index in [1.54, 1.807) is 12.1 Å². The van der Waals surface area contributed by atoms with Crippen LogP contribution < -0.4 is 9.80 Å². The molecule has 4 nitrogen and oxygen atoms in total. The van der Waals surface area contributed by atoms with Crippen LogP contribution in [0.5, 0.6) is 0 Å². The Labute approximate surface area is 236 Å². The predicted molar refractivity (Wildman–Crippen MR) is 148 cm³/mol. The molecule has 194 valence electrons. The summed E-state index contributed by atoms with van der Waals surface area (Å²) < 4.78 is 25.7. The summed E-state index contributed by atoms with van der Waals surface area (Å²) in [5, 5.41) is 0. The number of hydrogen-bond donors (Lipinski definition) is 0. The van der Waals surface area contributed by atoms with E-state index in [0.717, 1.165) is 11.3 Å². The first-order valence-corrected chi connectivity index (χ1v) is 14.0. The predicted octanol–water partition coefficient (Wildman–Crippen LogP) is 6.94. The summed E-state index contributed by atoms with van der Waals surface area (Å²) in [6.07, 6.45) is 1.28. The Kier molecular flexibility index (Phi) is 8.00. The van der Waals surface area contributed by atoms with Crippen molar-refractivity contribution in [2.75, 3.05) is 16.1 Å². The molecule has 0 saturated carbocycles. The Morgan fingerprint density at radius 3 is 1.65 bits per heavy atom. The zero-order valence-corrected chi connectivity index (χ0v) is 23.7. The van der Waals surface area contributed by atoms with Crippen molar-refractivity contribution in [3.8, 4) is 0 Å². The molecule has 0 spiro atoms. The van der Waals surface area contributed by atoms with E-state index in [1.165, 1.54) is 28.5 Å². The van der Waals surface area contributed by atoms with E-state index in [9.17, 15) is 8.42 Å². The topological polar surface area (TPSA) is 40.6 Å². The van der Waals surface area contributed by atoms with Crippen LogP contribution in [-0.4, -0.2) is 14.7 Å². The van der Waals surface area contributed by atoms with Gasteiger partial charge in [-0.1, -0.05) is 90.5 Å². The molecular formula is C31H31AgN2O2S. The monoisotopic (exact) mass is 602 g/mol. The molecule has 1 saturated heterocycles. The Balaban J connectivity index is 0.00000320. The third-order valence-electron chi connectivity index (χ3n) is 6.87. The normalized spacial score (nSPS) is 17.5. The van der Waals surface area contributed by atoms with Crippen molar-refractivity contribution < 1.29 is 30.8 Å². The number of sulfone groups is 1. The average molecular weight is 604 g/mol. The number of nitrogens with zero attached hydrogens (tertiary/aromatic N) is 2. The molecule has 0 aromatic heterocycles. The largest absolute Gasteiger partial charge is 1.00 e. The van der Waals surface area contributed by atoms with E-state index in [0.29, 0.717) is 10.6 Å². The molecule has 5 rings (SSSR count). The summed E-state index contributed by atoms with van der Waals surface area (Å²) in [7, 11) is -3.44. The molecule has 0 unspecified atom stereocenters. The first-order chi connectivity index (χ1) is 17.3. The molecule has 0 amide bonds. The first-order valence-electron chi connectivity index (χ1n) is 12.1. The van der Waals surface area contributed by atoms with Gasteiger partial charge in [0, 0.05) is 17.6 Å². The zero-order valence-electron chi connectivity index (χ0n) is 21.4. The fraction of sp³-hybridized carbons (Fsp3) is 0.194. The van der Waals surface area contributed by atoms with Crippen molar-refractivity contribution in [1.29, 1.82) is 0 Å². The molecule has 0 radical (unpaired) electrons. The fourth-order valence-corrected chi connectivity index (χ4v) is 6.42. The Morgan fingerprint density at radius 1 is 0.676 bits per heavy atom. The molecule has 2 atom stereocenters. The summed E-state index contributed by atoms with van der Waals surface area (Å²) in [6, 6.07) is 32.3. The Hall–Kier alpha value is -2.83. The van der Waals surface area contributed by atoms with Gasteiger partial charge in [-0.2, -0.15) is 6.67 Å². The molecule has 1 heterocycles. The molecule has 1 aliphatic heterocycles. The maximum atomic E-state index is 12.8. The van der Waals surface area contributed by atoms with Gasteiger partial charge in [0.15, 0.2) is 9.84 Å². The minimum Gasteiger partial charge on any atom is -0.495 e. The number of benzene rings is 4. The molecule has 4 aromatic rings. The molecular weight excluding hydrogens is 572 g/mol. The summed E-state index contributed by atoms with van der Waals surface area (Å²) in [4.78, 5) is 4.80. The van der Waals surface area contributed by atoms with Crippen molar-refractivity contribution in [2.24, 2.45) is 0 Å². The molecule has 0 N–H and O–H groups in total. The maximum absolute atomic E-state index is 12.8. The fourth-order valence-electron chi connectivity index (χ4n) is 5.54. The molecule has 0 aliphatic carbocycles. The van der Waals surface area contributed by atoms with Gasteiger partial charge in [0.2, 0.25) is 0 Å². The SMILES string of the molecule is Cc1cc(C)c(N2[CH-]N(c3ccccc3S(C)(=O)=O)[C@@H](c3ccccc3)[C@@H]2c2ccccc2)c(C)c1.[Ag+]. The van der Waals surface area contributed by atoms with E-state index in [2.05, 4.69) is 85.8 Å². The standard InChI is InChI=1S/C31H31N2O2S.Ag/c1-22-19-23(2)29(24(3)20-22)33-21-32(27-17-11-12-18-28(27)36(4,34)35)30(25-13-7-5-8-14-25)31(33)26-15-9-6-10-16-26;/h5-21,30-31H,1-4H3;/q-1;+1/t30-,31-;/m0./s1. The van der Waals surface area contributed by atoms with Gasteiger partial charge in [0.1, 0.15) is 0 Å². The van der Waals surface area contributed by atoms with E-state index in [-0.39, 0.29) is 34.5 Å². The van der Waals surface area contributed by atoms with Gasteiger partial charge in [-0.25, -0.2) is 8.42 Å². The van der Waals surface area contributed by atoms with Crippen LogP contribution >= 0.6 is 0 Å². The van der Waals surface area contributed by atoms with Crippen LogP contribution in [0.15, 0.2) is 102 Å². The summed E-state index contributed by atoms with van der Waals surface area (Å²) in [5.41, 5.74) is 7.72. The van der Waals surface area contributed by atoms with Crippen molar-refractivity contribution in [1.82, 2.24) is 0 Å². The smallest absolute Gasteiger partial charge is 0.495 e. The van der Waals surface area contributed by atoms with Crippen molar-refractivity contribution in [3.63, 3.8) is 0 Å². The molecule has 37 heavy (non-hydrogen) atoms. The van der Waals surface area contributed by atoms with Crippen LogP contribution in [-0.2, 0) is 32.2 Å². The van der Waals surface area contributed by atoms with Crippen LogP contribution in [0.25, 0.3) is 0 Å². The number of rotatable bonds is 5. The van der Waals surface area contributed by atoms with Gasteiger partial charge < -0.3 is 9.80 Å². The first kappa shape index (κ1) is 27.2. The Morgan fingerprint density at radius 2 is 1.14 bits per heavy atom. The van der Waals surface area contributed by atoms with E-state index >= 15 is 0 Å². The maximum Gasteiger partial charge on any atom is 1.00 e. The van der Waals surface area contributed by atoms with Gasteiger partial charge in [-0.15, -0.1) is 0 Å². The zero-order chi connectivity index (χ0) is 25.4. The average Bonchev–Trinajstić information content (AvgIpc) is 3.24. The third-order valence-corrected chi connectivity index (χ3v) is 8.01. The summed E-state index contributed by atoms with van der Waals surface area (Å²) >= 11 is 0. The molecule has 1 aliphatic rings. The van der Waals surface area contributed by atoms with Crippen LogP contribution in [0.1, 0.15) is 39.9 Å². The number of aryl methyl sites for hydroxylation is 3. The van der Waals surface area contributed by atoms with E-state index in [4.69, 9.17) is 0 Å². The van der Waals surface area contributed by atoms with Gasteiger partial charge in [0.05, 0.1) is 17.0 Å². The number of hydrogen-bond acceptors (Lipinski definition) is 4. The van der Waals surface area contributed by atoms with Crippen LogP contribution in [0.4, 0.5) is 11.4 Å². The van der Waals surface area contributed by atoms with Gasteiger partial charge >= 0.3 is 22.4 Å². The molecule has 1 fully saturated rings. The van der Waals surface area contributed by atoms with Gasteiger partial charge in [-0.3, -0.25) is 0 Å². The van der Waals surface area contributed by atoms with E-state index < -0.39 is 9.84 Å². The third kappa shape index (κ3) is 5.27. The van der Waals surface area contributed by atoms with E-state index in [1.807, 2.05) is 36.4 Å². The minimum absolute atomic E-state index is 0. The summed E-state index contributed by atoms with van der Waals surface area (Å²) in [6.45, 7) is 8.52. The second-order valence-electron chi connectivity index (χ2n) is 9.63. The van der Waals surface area contributed by atoms with Crippen molar-refractivity contribution in [2.45, 2.75) is 37.8 Å². The van der Waals surface area contributed by atoms with Crippen molar-refractivity contribution >= 4 is 21.2 Å². The number of para-hydroxylation sites is 1. The second-order valence-corrected chi connectivity index (χ2v) is 11.6. The van der Waals surface area contributed by atoms with Gasteiger partial charge in [-0.05, 0) is 55.2 Å². The Bertz CT molecular complexity index is 1470. The quantitative estimate of drug-likeness (QED) is 0.183. The van der Waals surface area contributed by atoms with Crippen LogP contribution in [0.3, 0.4) is 0 Å². The van der Waals surface area contributed by atoms with Crippen LogP contribution in [0.2, 0.25) is 0 Å². The van der Waals surface area contributed by atoms with Gasteiger partial charge in [0.25, 0.3) is 0 Å². The number of anilines is 2. The molecule has 0 bridgehead atoms. The minimum atomic E-state index is -3.44.